The molecule has 40 heavy (non-hydrogen) atoms. The van der Waals surface area contributed by atoms with Gasteiger partial charge in [-0.15, -0.1) is 0 Å². The maximum atomic E-state index is 15.3. The van der Waals surface area contributed by atoms with E-state index in [9.17, 15) is 4.39 Å². The molecule has 218 valence electrons. The van der Waals surface area contributed by atoms with Gasteiger partial charge in [0.25, 0.3) is 0 Å². The average Bonchev–Trinajstić information content (AvgIpc) is 2.95. The molecule has 0 heterocycles. The number of rotatable bonds is 18. The maximum Gasteiger partial charge on any atom is 0.201 e. The largest absolute Gasteiger partial charge is 0.494 e. The zero-order chi connectivity index (χ0) is 28.7. The average molecular weight is 551 g/mol. The van der Waals surface area contributed by atoms with Crippen LogP contribution >= 0.6 is 0 Å². The minimum Gasteiger partial charge on any atom is -0.494 e. The van der Waals surface area contributed by atoms with Crippen LogP contribution in [0.2, 0.25) is 0 Å². The van der Waals surface area contributed by atoms with Crippen LogP contribution in [0.1, 0.15) is 91.9 Å². The molecule has 3 rings (SSSR count). The van der Waals surface area contributed by atoms with Gasteiger partial charge in [-0.2, -0.15) is 4.39 Å². The fourth-order valence-electron chi connectivity index (χ4n) is 5.01. The lowest BCUT2D eigenvalue weighted by molar-refractivity contribution is 0.276. The molecule has 0 saturated heterocycles. The van der Waals surface area contributed by atoms with Crippen molar-refractivity contribution in [3.8, 4) is 33.8 Å². The second-order valence-corrected chi connectivity index (χ2v) is 11.5. The number of hydrogen-bond donors (Lipinski definition) is 0. The van der Waals surface area contributed by atoms with Gasteiger partial charge in [0.15, 0.2) is 11.6 Å². The Morgan fingerprint density at radius 3 is 2.02 bits per heavy atom. The lowest BCUT2D eigenvalue weighted by Gasteiger charge is -2.15. The standard InChI is InChI=1S/C36H48F2O2/c1-5-6-7-8-9-12-25-40-34-23-22-33(35(37)36(34)38)32-17-11-10-16-31(32)29-18-20-30(21-19-29)39-26-24-28(4)15-13-14-27(2)3/h10-11,16-23,27-28H,5-9,12-15,24-26H2,1-4H3. The Morgan fingerprint density at radius 2 is 1.30 bits per heavy atom. The van der Waals surface area contributed by atoms with Crippen LogP contribution in [0.15, 0.2) is 60.7 Å². The van der Waals surface area contributed by atoms with Crippen LogP contribution in [0.4, 0.5) is 8.78 Å². The third kappa shape index (κ3) is 9.94. The van der Waals surface area contributed by atoms with Crippen LogP contribution < -0.4 is 9.47 Å². The minimum absolute atomic E-state index is 0.0250. The van der Waals surface area contributed by atoms with Gasteiger partial charge in [-0.3, -0.25) is 0 Å². The molecule has 3 aromatic carbocycles. The minimum atomic E-state index is -0.930. The molecule has 0 N–H and O–H groups in total. The highest BCUT2D eigenvalue weighted by Gasteiger charge is 2.18. The molecule has 1 unspecified atom stereocenters. The van der Waals surface area contributed by atoms with Crippen LogP contribution in [0.25, 0.3) is 22.3 Å². The first kappa shape index (κ1) is 31.6. The van der Waals surface area contributed by atoms with Crippen LogP contribution in [-0.2, 0) is 0 Å². The number of ether oxygens (including phenoxy) is 2. The fourth-order valence-corrected chi connectivity index (χ4v) is 5.01. The molecule has 3 aromatic rings. The molecule has 0 saturated carbocycles. The zero-order valence-electron chi connectivity index (χ0n) is 25.0. The number of benzene rings is 3. The summed E-state index contributed by atoms with van der Waals surface area (Å²) in [7, 11) is 0. The van der Waals surface area contributed by atoms with Crippen LogP contribution in [-0.4, -0.2) is 13.2 Å². The highest BCUT2D eigenvalue weighted by atomic mass is 19.2. The SMILES string of the molecule is CCCCCCCCOc1ccc(-c2ccccc2-c2ccc(OCCC(C)CCCC(C)C)cc2)c(F)c1F. The summed E-state index contributed by atoms with van der Waals surface area (Å²) >= 11 is 0. The van der Waals surface area contributed by atoms with Crippen molar-refractivity contribution in [3.63, 3.8) is 0 Å². The molecule has 1 atom stereocenters. The van der Waals surface area contributed by atoms with Gasteiger partial charge < -0.3 is 9.47 Å². The molecule has 2 nitrogen and oxygen atoms in total. The number of hydrogen-bond acceptors (Lipinski definition) is 2. The summed E-state index contributed by atoms with van der Waals surface area (Å²) in [5.41, 5.74) is 2.64. The van der Waals surface area contributed by atoms with E-state index in [1.165, 1.54) is 38.5 Å². The fraction of sp³-hybridized carbons (Fsp3) is 0.500. The van der Waals surface area contributed by atoms with E-state index in [-0.39, 0.29) is 11.3 Å². The quantitative estimate of drug-likeness (QED) is 0.147. The van der Waals surface area contributed by atoms with Gasteiger partial charge in [-0.05, 0) is 65.6 Å². The van der Waals surface area contributed by atoms with Gasteiger partial charge in [-0.25, -0.2) is 4.39 Å². The van der Waals surface area contributed by atoms with Crippen molar-refractivity contribution in [2.45, 2.75) is 91.9 Å². The lowest BCUT2D eigenvalue weighted by Crippen LogP contribution is -2.04. The van der Waals surface area contributed by atoms with Crippen molar-refractivity contribution in [2.75, 3.05) is 13.2 Å². The van der Waals surface area contributed by atoms with Crippen LogP contribution in [0, 0.1) is 23.5 Å². The van der Waals surface area contributed by atoms with Crippen molar-refractivity contribution in [1.82, 2.24) is 0 Å². The Bertz CT molecular complexity index is 1140. The Kier molecular flexibility index (Phi) is 13.5. The van der Waals surface area contributed by atoms with Crippen LogP contribution in [0.3, 0.4) is 0 Å². The molecular formula is C36H48F2O2. The maximum absolute atomic E-state index is 15.3. The molecule has 0 radical (unpaired) electrons. The molecule has 0 aliphatic rings. The van der Waals surface area contributed by atoms with Crippen LogP contribution in [0.5, 0.6) is 11.5 Å². The first-order valence-electron chi connectivity index (χ1n) is 15.3. The molecule has 0 aliphatic heterocycles. The third-order valence-electron chi connectivity index (χ3n) is 7.54. The van der Waals surface area contributed by atoms with Gasteiger partial charge >= 0.3 is 0 Å². The van der Waals surface area contributed by atoms with E-state index in [1.54, 1.807) is 12.1 Å². The summed E-state index contributed by atoms with van der Waals surface area (Å²) in [5.74, 6) is 0.391. The van der Waals surface area contributed by atoms with E-state index in [4.69, 9.17) is 9.47 Å². The van der Waals surface area contributed by atoms with Crippen molar-refractivity contribution in [3.05, 3.63) is 72.3 Å². The van der Waals surface area contributed by atoms with Crippen molar-refractivity contribution < 1.29 is 18.3 Å². The number of unbranched alkanes of at least 4 members (excludes halogenated alkanes) is 5. The smallest absolute Gasteiger partial charge is 0.201 e. The predicted octanol–water partition coefficient (Wildman–Crippen LogP) is 11.3. The van der Waals surface area contributed by atoms with Crippen molar-refractivity contribution in [1.29, 1.82) is 0 Å². The second kappa shape index (κ2) is 17.0. The van der Waals surface area contributed by atoms with Gasteiger partial charge in [0.2, 0.25) is 5.82 Å². The first-order valence-corrected chi connectivity index (χ1v) is 15.3. The highest BCUT2D eigenvalue weighted by Crippen LogP contribution is 2.37. The zero-order valence-corrected chi connectivity index (χ0v) is 25.0. The van der Waals surface area contributed by atoms with E-state index in [2.05, 4.69) is 27.7 Å². The topological polar surface area (TPSA) is 18.5 Å². The normalized spacial score (nSPS) is 12.1. The third-order valence-corrected chi connectivity index (χ3v) is 7.54. The highest BCUT2D eigenvalue weighted by molar-refractivity contribution is 5.84. The molecule has 0 aromatic heterocycles. The molecule has 0 spiro atoms. The molecule has 4 heteroatoms. The summed E-state index contributed by atoms with van der Waals surface area (Å²) in [4.78, 5) is 0. The summed E-state index contributed by atoms with van der Waals surface area (Å²) < 4.78 is 41.8. The summed E-state index contributed by atoms with van der Waals surface area (Å²) in [6.45, 7) is 10.1. The van der Waals surface area contributed by atoms with E-state index in [0.717, 1.165) is 48.5 Å². The van der Waals surface area contributed by atoms with E-state index < -0.39 is 11.6 Å². The summed E-state index contributed by atoms with van der Waals surface area (Å²) in [6.07, 6.45) is 11.5. The lowest BCUT2D eigenvalue weighted by atomic mass is 9.94. The molecule has 0 bridgehead atoms. The van der Waals surface area contributed by atoms with Crippen molar-refractivity contribution >= 4 is 0 Å². The number of halogens is 2. The monoisotopic (exact) mass is 550 g/mol. The van der Waals surface area contributed by atoms with E-state index in [1.807, 2.05) is 48.5 Å². The second-order valence-electron chi connectivity index (χ2n) is 11.5. The Balaban J connectivity index is 1.61. The first-order chi connectivity index (χ1) is 19.4. The van der Waals surface area contributed by atoms with E-state index >= 15 is 4.39 Å². The van der Waals surface area contributed by atoms with Gasteiger partial charge in [-0.1, -0.05) is 115 Å². The van der Waals surface area contributed by atoms with Gasteiger partial charge in [0.1, 0.15) is 5.75 Å². The van der Waals surface area contributed by atoms with Gasteiger partial charge in [0.05, 0.1) is 13.2 Å². The predicted molar refractivity (Wildman–Crippen MR) is 164 cm³/mol. The van der Waals surface area contributed by atoms with E-state index in [0.29, 0.717) is 24.7 Å². The molecule has 0 aliphatic carbocycles. The molecule has 0 amide bonds. The molecular weight excluding hydrogens is 502 g/mol. The summed E-state index contributed by atoms with van der Waals surface area (Å²) in [5, 5.41) is 0. The Labute approximate surface area is 241 Å². The van der Waals surface area contributed by atoms with Crippen molar-refractivity contribution in [2.24, 2.45) is 11.8 Å². The Hall–Kier alpha value is -2.88. The summed E-state index contributed by atoms with van der Waals surface area (Å²) in [6, 6.07) is 18.5. The Morgan fingerprint density at radius 1 is 0.600 bits per heavy atom. The van der Waals surface area contributed by atoms with Gasteiger partial charge in [0, 0.05) is 5.56 Å². The molecule has 0 fully saturated rings.